The van der Waals surface area contributed by atoms with E-state index in [1.807, 2.05) is 0 Å². The molecule has 31 heteroatoms. The van der Waals surface area contributed by atoms with Crippen LogP contribution in [0.25, 0.3) is 0 Å². The summed E-state index contributed by atoms with van der Waals surface area (Å²) < 4.78 is 80.5. The summed E-state index contributed by atoms with van der Waals surface area (Å²) in [6, 6.07) is 19.3. The second kappa shape index (κ2) is 28.4. The molecule has 0 atom stereocenters. The Morgan fingerprint density at radius 3 is 1.18 bits per heavy atom. The van der Waals surface area contributed by atoms with Gasteiger partial charge in [-0.25, -0.2) is 21.6 Å². The summed E-state index contributed by atoms with van der Waals surface area (Å²) in [6.07, 6.45) is 0. The van der Waals surface area contributed by atoms with Gasteiger partial charge in [0.1, 0.15) is 43.2 Å². The third-order valence-corrected chi connectivity index (χ3v) is 11.6. The van der Waals surface area contributed by atoms with E-state index in [-0.39, 0.29) is 175 Å². The van der Waals surface area contributed by atoms with E-state index < -0.39 is 93.8 Å². The molecule has 6 N–H and O–H groups in total. The molecule has 0 radical (unpaired) electrons. The minimum Gasteiger partial charge on any atom is -0.744 e. The van der Waals surface area contributed by atoms with Crippen molar-refractivity contribution in [3.8, 4) is 23.0 Å². The van der Waals surface area contributed by atoms with E-state index in [9.17, 15) is 70.3 Å². The number of aryl methyl sites for hydroxylation is 2. The average molecular weight is 1110 g/mol. The predicted molar refractivity (Wildman–Crippen MR) is 246 cm³/mol. The SMILES string of the molecule is COc1cc(N=Nc2cc(C(=O)[O-])c(O)c(S(=O)(=O)[O-])c2)c(C)cc1NC(=O)c1cccc(NC(=O)Nc2cccc(C(=O)Nc3cc(C)c(N=Nc4cc(C(=O)[O-])c(O)c(S(=O)(=O)[O-])c4)cc3OC)c2)c1.[Na+].[Na+].[Na+].[Na+]. The smallest absolute Gasteiger partial charge is 0.744 e. The van der Waals surface area contributed by atoms with E-state index in [2.05, 4.69) is 41.7 Å². The molecule has 372 valence electrons. The topological polar surface area (TPSA) is 402 Å². The molecule has 0 aliphatic heterocycles. The molecule has 6 rings (SSSR count). The summed E-state index contributed by atoms with van der Waals surface area (Å²) in [7, 11) is -8.07. The molecule has 0 aliphatic carbocycles. The Morgan fingerprint density at radius 1 is 0.513 bits per heavy atom. The number of carbonyl (C=O) groups is 5. The molecule has 0 saturated heterocycles. The predicted octanol–water partition coefficient (Wildman–Crippen LogP) is -6.74. The molecular weight excluding hydrogens is 1080 g/mol. The van der Waals surface area contributed by atoms with Gasteiger partial charge in [0.25, 0.3) is 11.8 Å². The van der Waals surface area contributed by atoms with Crippen LogP contribution in [0.15, 0.2) is 127 Å². The fraction of sp³-hybridized carbons (Fsp3) is 0.0889. The summed E-state index contributed by atoms with van der Waals surface area (Å²) in [5.41, 5.74) is -0.968. The van der Waals surface area contributed by atoms with E-state index in [1.54, 1.807) is 13.8 Å². The number of urea groups is 1. The Kier molecular flexibility index (Phi) is 24.9. The second-order valence-electron chi connectivity index (χ2n) is 14.9. The van der Waals surface area contributed by atoms with Crippen LogP contribution in [0, 0.1) is 13.8 Å². The Morgan fingerprint density at radius 2 is 0.868 bits per heavy atom. The molecule has 0 spiro atoms. The van der Waals surface area contributed by atoms with Gasteiger partial charge < -0.3 is 69.9 Å². The van der Waals surface area contributed by atoms with Gasteiger partial charge in [0.05, 0.1) is 70.1 Å². The van der Waals surface area contributed by atoms with Crippen molar-refractivity contribution in [1.29, 1.82) is 0 Å². The van der Waals surface area contributed by atoms with Crippen molar-refractivity contribution in [2.45, 2.75) is 23.6 Å². The number of benzene rings is 6. The molecule has 6 aromatic rings. The summed E-state index contributed by atoms with van der Waals surface area (Å²) in [4.78, 5) is 60.4. The third-order valence-electron chi connectivity index (χ3n) is 9.94. The van der Waals surface area contributed by atoms with Crippen LogP contribution in [-0.4, -0.2) is 80.2 Å². The summed E-state index contributed by atoms with van der Waals surface area (Å²) in [5.74, 6) is -7.71. The number of amides is 4. The van der Waals surface area contributed by atoms with Crippen LogP contribution in [0.3, 0.4) is 0 Å². The van der Waals surface area contributed by atoms with Gasteiger partial charge in [-0.2, -0.15) is 20.5 Å². The molecule has 0 heterocycles. The summed E-state index contributed by atoms with van der Waals surface area (Å²) in [5, 5.41) is 69.0. The zero-order chi connectivity index (χ0) is 52.8. The van der Waals surface area contributed by atoms with E-state index in [1.165, 1.54) is 87.0 Å². The summed E-state index contributed by atoms with van der Waals surface area (Å²) >= 11 is 0. The van der Waals surface area contributed by atoms with Gasteiger partial charge in [-0.3, -0.25) is 9.59 Å². The van der Waals surface area contributed by atoms with Crippen molar-refractivity contribution in [2.24, 2.45) is 20.5 Å². The Hall–Kier alpha value is -5.31. The number of nitrogens with zero attached hydrogens (tertiary/aromatic N) is 4. The molecule has 76 heavy (non-hydrogen) atoms. The quantitative estimate of drug-likeness (QED) is 0.0298. The van der Waals surface area contributed by atoms with Gasteiger partial charge in [-0.1, -0.05) is 12.1 Å². The van der Waals surface area contributed by atoms with Crippen molar-refractivity contribution >= 4 is 95.5 Å². The fourth-order valence-electron chi connectivity index (χ4n) is 6.48. The van der Waals surface area contributed by atoms with Crippen molar-refractivity contribution in [2.75, 3.05) is 35.5 Å². The molecule has 0 aliphatic rings. The van der Waals surface area contributed by atoms with Gasteiger partial charge in [-0.15, -0.1) is 0 Å². The van der Waals surface area contributed by atoms with E-state index in [0.29, 0.717) is 23.3 Å². The monoisotopic (exact) mass is 1110 g/mol. The number of azo groups is 2. The average Bonchev–Trinajstić information content (AvgIpc) is 3.30. The first-order chi connectivity index (χ1) is 33.9. The number of carboxylic acids is 2. The van der Waals surface area contributed by atoms with E-state index in [0.717, 1.165) is 12.1 Å². The van der Waals surface area contributed by atoms with Crippen LogP contribution < -0.4 is 159 Å². The molecule has 0 aromatic heterocycles. The first kappa shape index (κ1) is 66.8. The Balaban J connectivity index is 0.00000494. The first-order valence-electron chi connectivity index (χ1n) is 20.1. The summed E-state index contributed by atoms with van der Waals surface area (Å²) in [6.45, 7) is 3.14. The van der Waals surface area contributed by atoms with Crippen molar-refractivity contribution in [3.63, 3.8) is 0 Å². The fourth-order valence-corrected chi connectivity index (χ4v) is 7.70. The largest absolute Gasteiger partial charge is 1.00 e. The number of nitrogens with one attached hydrogen (secondary N) is 4. The van der Waals surface area contributed by atoms with Crippen LogP contribution >= 0.6 is 0 Å². The molecular formula is C45H34N8Na4O17S2. The molecule has 0 saturated carbocycles. The Labute approximate surface area is 520 Å². The second-order valence-corrected chi connectivity index (χ2v) is 17.6. The number of rotatable bonds is 16. The van der Waals surface area contributed by atoms with Gasteiger partial charge in [0.15, 0.2) is 0 Å². The van der Waals surface area contributed by atoms with E-state index in [4.69, 9.17) is 9.47 Å². The standard InChI is InChI=1S/C45H38N8O17S2.4Na/c1-21-11-33(35(69-3)19-31(21)52-50-27-15-29(43(58)59)39(54)37(17-27)71(63,64)65)48-41(56)23-7-5-9-25(13-23)46-45(62)47-26-10-6-8-24(14-26)42(57)49-34-12-22(2)32(20-36(34)70-4)53-51-28-16-30(44(60)61)40(55)38(18-28)72(66,67)68;;;;/h5-20,54-55H,1-4H3,(H,48,56)(H,49,57)(H,58,59)(H,60,61)(H2,46,47,62)(H,63,64,65)(H,66,67,68);;;;/q;4*+1/p-4. The molecule has 4 amide bonds. The van der Waals surface area contributed by atoms with Gasteiger partial charge in [-0.05, 0) is 97.8 Å². The molecule has 0 unspecified atom stereocenters. The maximum absolute atomic E-state index is 13.4. The zero-order valence-electron chi connectivity index (χ0n) is 41.4. The number of methoxy groups -OCH3 is 2. The number of phenols is 2. The third kappa shape index (κ3) is 16.8. The van der Waals surface area contributed by atoms with Crippen molar-refractivity contribution < 1.29 is 198 Å². The number of carboxylic acid groups (broad SMARTS) is 2. The van der Waals surface area contributed by atoms with Gasteiger partial charge >= 0.3 is 124 Å². The van der Waals surface area contributed by atoms with Crippen molar-refractivity contribution in [3.05, 3.63) is 130 Å². The van der Waals surface area contributed by atoms with Crippen LogP contribution in [0.1, 0.15) is 52.6 Å². The van der Waals surface area contributed by atoms with E-state index >= 15 is 0 Å². The number of hydrogen-bond donors (Lipinski definition) is 6. The van der Waals surface area contributed by atoms with Crippen molar-refractivity contribution in [1.82, 2.24) is 0 Å². The minimum atomic E-state index is -5.32. The van der Waals surface area contributed by atoms with Crippen LogP contribution in [0.4, 0.5) is 50.3 Å². The first-order valence-corrected chi connectivity index (χ1v) is 22.9. The molecule has 25 nitrogen and oxygen atoms in total. The maximum Gasteiger partial charge on any atom is 1.00 e. The molecule has 6 aromatic carbocycles. The van der Waals surface area contributed by atoms with Crippen LogP contribution in [0.5, 0.6) is 23.0 Å². The van der Waals surface area contributed by atoms with Gasteiger partial charge in [0.2, 0.25) is 0 Å². The Bertz CT molecular complexity index is 3320. The van der Waals surface area contributed by atoms with Crippen LogP contribution in [0.2, 0.25) is 0 Å². The number of ether oxygens (including phenoxy) is 2. The number of anilines is 4. The molecule has 0 bridgehead atoms. The number of aromatic carboxylic acids is 2. The van der Waals surface area contributed by atoms with Gasteiger partial charge in [0, 0.05) is 45.8 Å². The number of carbonyl (C=O) groups excluding carboxylic acids is 5. The normalized spacial score (nSPS) is 10.9. The minimum absolute atomic E-state index is 0. The number of hydrogen-bond acceptors (Lipinski definition) is 21. The number of aromatic hydroxyl groups is 2. The maximum atomic E-state index is 13.4. The van der Waals surface area contributed by atoms with Crippen LogP contribution in [-0.2, 0) is 20.2 Å². The zero-order valence-corrected chi connectivity index (χ0v) is 51.0. The molecule has 0 fully saturated rings.